The normalized spacial score (nSPS) is 19.1. The summed E-state index contributed by atoms with van der Waals surface area (Å²) in [6.45, 7) is 5.26. The van der Waals surface area contributed by atoms with Crippen molar-refractivity contribution in [1.29, 1.82) is 0 Å². The van der Waals surface area contributed by atoms with Crippen LogP contribution in [-0.4, -0.2) is 54.1 Å². The first-order chi connectivity index (χ1) is 22.6. The monoisotopic (exact) mass is 686 g/mol. The molecule has 3 aromatic rings. The van der Waals surface area contributed by atoms with Gasteiger partial charge in [0, 0.05) is 19.4 Å². The van der Waals surface area contributed by atoms with Gasteiger partial charge in [-0.1, -0.05) is 29.8 Å². The number of pyridine rings is 2. The number of nitrogens with zero attached hydrogens (tertiary/aromatic N) is 3. The van der Waals surface area contributed by atoms with Crippen LogP contribution < -0.4 is 14.8 Å². The number of allylic oxidation sites excluding steroid dienone is 1. The summed E-state index contributed by atoms with van der Waals surface area (Å²) in [5, 5.41) is 3.70. The summed E-state index contributed by atoms with van der Waals surface area (Å²) in [5.74, 6) is -0.773. The molecule has 5 rings (SSSR count). The molecule has 1 amide bonds. The molecule has 3 heterocycles. The maximum Gasteiger partial charge on any atom is 0.421 e. The van der Waals surface area contributed by atoms with Crippen LogP contribution >= 0.6 is 11.6 Å². The number of fused-ring (bicyclic) bond motifs is 1. The summed E-state index contributed by atoms with van der Waals surface area (Å²) in [7, 11) is 4.19. The number of dihydropyridines is 1. The molecule has 10 nitrogen and oxygen atoms in total. The predicted molar refractivity (Wildman–Crippen MR) is 169 cm³/mol. The molecule has 1 N–H and O–H groups in total. The van der Waals surface area contributed by atoms with Crippen LogP contribution in [0.3, 0.4) is 0 Å². The van der Waals surface area contributed by atoms with Crippen LogP contribution in [0.15, 0.2) is 71.5 Å². The molecule has 254 valence electrons. The highest BCUT2D eigenvalue weighted by atomic mass is 35.5. The Morgan fingerprint density at radius 3 is 2.42 bits per heavy atom. The van der Waals surface area contributed by atoms with E-state index in [-0.39, 0.29) is 28.6 Å². The summed E-state index contributed by atoms with van der Waals surface area (Å²) >= 11 is 7.21. The van der Waals surface area contributed by atoms with Crippen molar-refractivity contribution < 1.29 is 41.7 Å². The van der Waals surface area contributed by atoms with Crippen molar-refractivity contribution in [3.8, 4) is 11.8 Å². The highest BCUT2D eigenvalue weighted by Crippen LogP contribution is 2.49. The Balaban J connectivity index is 1.61. The van der Waals surface area contributed by atoms with E-state index in [4.69, 9.17) is 30.5 Å². The Morgan fingerprint density at radius 1 is 1.10 bits per heavy atom. The van der Waals surface area contributed by atoms with E-state index in [1.165, 1.54) is 26.2 Å². The van der Waals surface area contributed by atoms with Crippen molar-refractivity contribution in [2.24, 2.45) is 0 Å². The van der Waals surface area contributed by atoms with Crippen LogP contribution in [0.2, 0.25) is 0 Å². The van der Waals surface area contributed by atoms with Crippen LogP contribution in [-0.2, 0) is 27.6 Å². The van der Waals surface area contributed by atoms with Crippen molar-refractivity contribution in [3.63, 3.8) is 0 Å². The third kappa shape index (κ3) is 6.38. The average molecular weight is 687 g/mol. The number of carbonyl (C=O) groups excluding carboxylic acids is 2. The zero-order valence-corrected chi connectivity index (χ0v) is 27.8. The number of halogens is 4. The number of hydrogen-bond donors (Lipinski definition) is 1. The summed E-state index contributed by atoms with van der Waals surface area (Å²) in [5.41, 5.74) is -0.481. The van der Waals surface area contributed by atoms with Gasteiger partial charge in [-0.05, 0) is 80.1 Å². The van der Waals surface area contributed by atoms with E-state index < -0.39 is 41.0 Å². The van der Waals surface area contributed by atoms with Gasteiger partial charge in [-0.15, -0.1) is 0 Å². The second kappa shape index (κ2) is 13.0. The highest BCUT2D eigenvalue weighted by molar-refractivity contribution is 6.31. The third-order valence-electron chi connectivity index (χ3n) is 7.98. The number of benzene rings is 1. The van der Waals surface area contributed by atoms with Crippen LogP contribution in [0.25, 0.3) is 0 Å². The molecule has 0 saturated heterocycles. The molecule has 0 bridgehead atoms. The fourth-order valence-corrected chi connectivity index (χ4v) is 6.21. The molecule has 2 atom stereocenters. The van der Waals surface area contributed by atoms with Crippen molar-refractivity contribution in [1.82, 2.24) is 20.2 Å². The number of alkyl halides is 3. The number of ether oxygens (including phenoxy) is 4. The molecule has 2 aliphatic rings. The molecule has 0 spiro atoms. The highest BCUT2D eigenvalue weighted by Gasteiger charge is 2.46. The first-order valence-corrected chi connectivity index (χ1v) is 15.2. The summed E-state index contributed by atoms with van der Waals surface area (Å²) in [4.78, 5) is 33.8. The number of nitrogens with one attached hydrogen (secondary N) is 1. The van der Waals surface area contributed by atoms with Gasteiger partial charge in [-0.25, -0.2) is 4.79 Å². The lowest BCUT2D eigenvalue weighted by atomic mass is 9.78. The van der Waals surface area contributed by atoms with Gasteiger partial charge in [0.1, 0.15) is 28.5 Å². The topological polar surface area (TPSA) is 112 Å². The Labute approximate surface area is 280 Å². The van der Waals surface area contributed by atoms with Crippen molar-refractivity contribution in [2.45, 2.75) is 57.0 Å². The van der Waals surface area contributed by atoms with E-state index in [1.54, 1.807) is 63.5 Å². The average Bonchev–Trinajstić information content (AvgIpc) is 3.46. The quantitative estimate of drug-likeness (QED) is 0.250. The Morgan fingerprint density at radius 2 is 1.81 bits per heavy atom. The molecule has 1 aliphatic carbocycles. The number of aromatic nitrogens is 2. The molecular formula is C34H34ClF3N4O6. The third-order valence-corrected chi connectivity index (χ3v) is 8.37. The first kappa shape index (κ1) is 34.6. The van der Waals surface area contributed by atoms with Gasteiger partial charge in [-0.2, -0.15) is 18.2 Å². The minimum atomic E-state index is -4.85. The minimum absolute atomic E-state index is 0.217. The number of rotatable bonds is 8. The van der Waals surface area contributed by atoms with Crippen LogP contribution in [0.5, 0.6) is 11.8 Å². The predicted octanol–water partition coefficient (Wildman–Crippen LogP) is 7.03. The number of methoxy groups -OCH3 is 2. The van der Waals surface area contributed by atoms with Crippen molar-refractivity contribution in [2.75, 3.05) is 21.3 Å². The lowest BCUT2D eigenvalue weighted by Crippen LogP contribution is -2.48. The molecule has 1 aliphatic heterocycles. The van der Waals surface area contributed by atoms with Gasteiger partial charge in [-0.3, -0.25) is 14.7 Å². The maximum absolute atomic E-state index is 14.1. The van der Waals surface area contributed by atoms with Gasteiger partial charge < -0.3 is 24.3 Å². The second-order valence-electron chi connectivity index (χ2n) is 12.1. The number of hydrogen-bond acceptors (Lipinski definition) is 9. The standard InChI is InChI=1S/C34H34ClF3N4O6/c1-32(2,3)48-31(44)42(4)25-17-27(35)33(41-30(25)46-6,20-12-14-39-15-13-20)23-9-7-8-22-21(23)10-11-26(22)47-29-24(34(36,37)38)16-19(18-43)28(40-29)45-5/h7-9,12-18,26,41H,10-11H2,1-6H3. The lowest BCUT2D eigenvalue weighted by Gasteiger charge is -2.42. The van der Waals surface area contributed by atoms with Gasteiger partial charge in [0.2, 0.25) is 17.6 Å². The van der Waals surface area contributed by atoms with Gasteiger partial charge in [0.25, 0.3) is 0 Å². The number of amides is 1. The number of likely N-dealkylation sites (N-methyl/N-ethyl adjacent to an activating group) is 1. The Hall–Kier alpha value is -4.78. The molecule has 0 radical (unpaired) electrons. The van der Waals surface area contributed by atoms with Crippen molar-refractivity contribution >= 4 is 24.0 Å². The molecule has 0 fully saturated rings. The van der Waals surface area contributed by atoms with Crippen LogP contribution in [0.1, 0.15) is 71.5 Å². The fraction of sp³-hybridized carbons (Fsp3) is 0.353. The molecule has 2 aromatic heterocycles. The molecule has 2 unspecified atom stereocenters. The van der Waals surface area contributed by atoms with E-state index in [0.29, 0.717) is 41.3 Å². The summed E-state index contributed by atoms with van der Waals surface area (Å²) in [6, 6.07) is 9.62. The largest absolute Gasteiger partial charge is 0.481 e. The first-order valence-electron chi connectivity index (χ1n) is 14.9. The SMILES string of the molecule is COC1=C(N(C)C(=O)OC(C)(C)C)C=C(Cl)C(c2ccncc2)(c2cccc3c2CCC3Oc2nc(OC)c(C=O)cc2C(F)(F)F)N1. The van der Waals surface area contributed by atoms with Gasteiger partial charge in [0.05, 0.1) is 24.8 Å². The summed E-state index contributed by atoms with van der Waals surface area (Å²) < 4.78 is 64.6. The zero-order chi connectivity index (χ0) is 35.0. The second-order valence-corrected chi connectivity index (χ2v) is 12.5. The van der Waals surface area contributed by atoms with E-state index >= 15 is 0 Å². The van der Waals surface area contributed by atoms with E-state index in [0.717, 1.165) is 5.56 Å². The number of carbonyl (C=O) groups is 2. The maximum atomic E-state index is 14.1. The summed E-state index contributed by atoms with van der Waals surface area (Å²) in [6.07, 6.45) is -0.498. The van der Waals surface area contributed by atoms with Crippen LogP contribution in [0, 0.1) is 0 Å². The molecule has 48 heavy (non-hydrogen) atoms. The zero-order valence-electron chi connectivity index (χ0n) is 27.1. The van der Waals surface area contributed by atoms with Gasteiger partial charge >= 0.3 is 12.3 Å². The van der Waals surface area contributed by atoms with E-state index in [9.17, 15) is 22.8 Å². The lowest BCUT2D eigenvalue weighted by molar-refractivity contribution is -0.139. The smallest absolute Gasteiger partial charge is 0.421 e. The van der Waals surface area contributed by atoms with Crippen LogP contribution in [0.4, 0.5) is 18.0 Å². The van der Waals surface area contributed by atoms with Gasteiger partial charge in [0.15, 0.2) is 6.29 Å². The molecule has 0 saturated carbocycles. The van der Waals surface area contributed by atoms with Crippen molar-refractivity contribution in [3.05, 3.63) is 105 Å². The molecule has 14 heteroatoms. The number of aldehydes is 1. The van der Waals surface area contributed by atoms with E-state index in [2.05, 4.69) is 15.3 Å². The Kier molecular flexibility index (Phi) is 9.37. The minimum Gasteiger partial charge on any atom is -0.481 e. The van der Waals surface area contributed by atoms with E-state index in [1.807, 2.05) is 6.07 Å². The fourth-order valence-electron chi connectivity index (χ4n) is 5.85. The molecular weight excluding hydrogens is 653 g/mol. The Bertz CT molecular complexity index is 1790. The molecule has 1 aromatic carbocycles.